The van der Waals surface area contributed by atoms with Gasteiger partial charge in [0.1, 0.15) is 5.82 Å². The third kappa shape index (κ3) is 4.23. The summed E-state index contributed by atoms with van der Waals surface area (Å²) in [6, 6.07) is 12.7. The van der Waals surface area contributed by atoms with Crippen LogP contribution in [-0.4, -0.2) is 40.8 Å². The molecule has 0 unspecified atom stereocenters. The normalized spacial score (nSPS) is 23.6. The van der Waals surface area contributed by atoms with Gasteiger partial charge in [-0.15, -0.1) is 0 Å². The Hall–Kier alpha value is -2.89. The van der Waals surface area contributed by atoms with E-state index in [-0.39, 0.29) is 29.8 Å². The zero-order valence-corrected chi connectivity index (χ0v) is 19.8. The minimum Gasteiger partial charge on any atom is -0.363 e. The van der Waals surface area contributed by atoms with Crippen LogP contribution in [0.1, 0.15) is 69.3 Å². The van der Waals surface area contributed by atoms with Crippen molar-refractivity contribution in [2.75, 3.05) is 23.3 Å². The van der Waals surface area contributed by atoms with Gasteiger partial charge in [-0.2, -0.15) is 0 Å². The Kier molecular flexibility index (Phi) is 6.22. The summed E-state index contributed by atoms with van der Waals surface area (Å²) in [5.41, 5.74) is 4.41. The number of likely N-dealkylation sites (tertiary alicyclic amines) is 1. The number of carbonyl (C=O) groups excluding carboxylic acids is 2. The van der Waals surface area contributed by atoms with Crippen molar-refractivity contribution in [3.05, 3.63) is 53.2 Å². The Morgan fingerprint density at radius 2 is 1.75 bits per heavy atom. The lowest BCUT2D eigenvalue weighted by molar-refractivity contribution is -0.129. The number of rotatable bonds is 3. The van der Waals surface area contributed by atoms with Crippen LogP contribution < -0.4 is 10.2 Å². The quantitative estimate of drug-likeness (QED) is 0.763. The maximum atomic E-state index is 12.6. The van der Waals surface area contributed by atoms with Gasteiger partial charge in [0, 0.05) is 50.3 Å². The number of nitrogens with one attached hydrogen (secondary N) is 1. The lowest BCUT2D eigenvalue weighted by Gasteiger charge is -2.44. The Labute approximate surface area is 191 Å². The summed E-state index contributed by atoms with van der Waals surface area (Å²) in [6.45, 7) is 11.2. The molecule has 1 fully saturated rings. The Morgan fingerprint density at radius 1 is 1.03 bits per heavy atom. The van der Waals surface area contributed by atoms with E-state index in [1.807, 2.05) is 34.9 Å². The van der Waals surface area contributed by atoms with E-state index in [1.54, 1.807) is 13.8 Å². The minimum atomic E-state index is 0.0576. The van der Waals surface area contributed by atoms with E-state index in [2.05, 4.69) is 42.3 Å². The first-order valence-corrected chi connectivity index (χ1v) is 11.7. The van der Waals surface area contributed by atoms with Gasteiger partial charge in [-0.3, -0.25) is 9.59 Å². The molecule has 6 nitrogen and oxygen atoms in total. The van der Waals surface area contributed by atoms with Crippen molar-refractivity contribution in [2.24, 2.45) is 5.92 Å². The van der Waals surface area contributed by atoms with E-state index < -0.39 is 0 Å². The molecule has 3 heterocycles. The molecular weight excluding hydrogens is 400 g/mol. The number of pyridine rings is 1. The van der Waals surface area contributed by atoms with Crippen molar-refractivity contribution in [3.63, 3.8) is 0 Å². The molecule has 2 amide bonds. The second-order valence-electron chi connectivity index (χ2n) is 9.37. The minimum absolute atomic E-state index is 0.0576. The average molecular weight is 435 g/mol. The van der Waals surface area contributed by atoms with Crippen LogP contribution in [0.25, 0.3) is 0 Å². The molecule has 170 valence electrons. The lowest BCUT2D eigenvalue weighted by atomic mass is 9.80. The van der Waals surface area contributed by atoms with E-state index in [0.717, 1.165) is 48.7 Å². The predicted octanol–water partition coefficient (Wildman–Crippen LogP) is 4.66. The van der Waals surface area contributed by atoms with E-state index >= 15 is 0 Å². The predicted molar refractivity (Wildman–Crippen MR) is 128 cm³/mol. The number of anilines is 2. The molecule has 0 spiro atoms. The SMILES string of the molecule is CC(=O)N1CCC(c2ccc3c(c2)[C@H](Nc2cccc(C)n2)[C@@H](C)[C@H](C)N3C(C)=O)CC1. The fraction of sp³-hybridized carbons (Fsp3) is 0.500. The summed E-state index contributed by atoms with van der Waals surface area (Å²) in [5, 5.41) is 3.67. The van der Waals surface area contributed by atoms with Gasteiger partial charge in [0.05, 0.1) is 6.04 Å². The molecule has 1 aromatic carbocycles. The molecule has 1 saturated heterocycles. The number of hydrogen-bond donors (Lipinski definition) is 1. The third-order valence-corrected chi connectivity index (χ3v) is 7.28. The summed E-state index contributed by atoms with van der Waals surface area (Å²) in [7, 11) is 0. The van der Waals surface area contributed by atoms with Crippen molar-refractivity contribution in [1.82, 2.24) is 9.88 Å². The summed E-state index contributed by atoms with van der Waals surface area (Å²) < 4.78 is 0. The molecule has 0 bridgehead atoms. The van der Waals surface area contributed by atoms with E-state index in [0.29, 0.717) is 5.92 Å². The molecule has 6 heteroatoms. The van der Waals surface area contributed by atoms with Crippen LogP contribution in [0.4, 0.5) is 11.5 Å². The number of fused-ring (bicyclic) bond motifs is 1. The zero-order valence-electron chi connectivity index (χ0n) is 19.8. The van der Waals surface area contributed by atoms with Gasteiger partial charge < -0.3 is 15.1 Å². The molecule has 32 heavy (non-hydrogen) atoms. The highest BCUT2D eigenvalue weighted by molar-refractivity contribution is 5.94. The van der Waals surface area contributed by atoms with Crippen molar-refractivity contribution in [3.8, 4) is 0 Å². The number of piperidine rings is 1. The number of nitrogens with zero attached hydrogens (tertiary/aromatic N) is 3. The highest BCUT2D eigenvalue weighted by Gasteiger charge is 2.38. The van der Waals surface area contributed by atoms with Gasteiger partial charge in [-0.25, -0.2) is 4.98 Å². The lowest BCUT2D eigenvalue weighted by Crippen LogP contribution is -2.48. The number of carbonyl (C=O) groups is 2. The first-order valence-electron chi connectivity index (χ1n) is 11.7. The molecule has 1 aromatic heterocycles. The van der Waals surface area contributed by atoms with Gasteiger partial charge >= 0.3 is 0 Å². The molecular formula is C26H34N4O2. The van der Waals surface area contributed by atoms with Gasteiger partial charge in [-0.1, -0.05) is 25.1 Å². The number of benzene rings is 1. The van der Waals surface area contributed by atoms with Crippen LogP contribution in [-0.2, 0) is 9.59 Å². The molecule has 0 radical (unpaired) electrons. The topological polar surface area (TPSA) is 65.5 Å². The first kappa shape index (κ1) is 22.3. The van der Waals surface area contributed by atoms with E-state index in [1.165, 1.54) is 5.56 Å². The standard InChI is InChI=1S/C26H34N4O2/c1-16-7-6-8-25(27-16)28-26-17(2)18(3)30(20(5)32)24-10-9-22(15-23(24)26)21-11-13-29(14-12-21)19(4)31/h6-10,15,17-18,21,26H,11-14H2,1-5H3,(H,27,28)/t17-,18-,26+/m0/s1. The van der Waals surface area contributed by atoms with Gasteiger partial charge in [0.2, 0.25) is 11.8 Å². The molecule has 0 saturated carbocycles. The summed E-state index contributed by atoms with van der Waals surface area (Å²) in [4.78, 5) is 32.8. The molecule has 4 rings (SSSR count). The summed E-state index contributed by atoms with van der Waals surface area (Å²) in [5.74, 6) is 1.72. The molecule has 2 aliphatic rings. The fourth-order valence-corrected chi connectivity index (χ4v) is 5.29. The number of amides is 2. The molecule has 0 aliphatic carbocycles. The van der Waals surface area contributed by atoms with Gasteiger partial charge in [-0.05, 0) is 61.9 Å². The average Bonchev–Trinajstić information content (AvgIpc) is 2.76. The van der Waals surface area contributed by atoms with Crippen LogP contribution in [0.15, 0.2) is 36.4 Å². The van der Waals surface area contributed by atoms with Crippen LogP contribution in [0.3, 0.4) is 0 Å². The number of hydrogen-bond acceptors (Lipinski definition) is 4. The zero-order chi connectivity index (χ0) is 23.0. The Bertz CT molecular complexity index is 1010. The van der Waals surface area contributed by atoms with Crippen LogP contribution in [0.2, 0.25) is 0 Å². The monoisotopic (exact) mass is 434 g/mol. The first-order chi connectivity index (χ1) is 15.3. The van der Waals surface area contributed by atoms with Crippen LogP contribution in [0, 0.1) is 12.8 Å². The maximum Gasteiger partial charge on any atom is 0.224 e. The molecule has 3 atom stereocenters. The number of aryl methyl sites for hydroxylation is 1. The third-order valence-electron chi connectivity index (χ3n) is 7.28. The smallest absolute Gasteiger partial charge is 0.224 e. The fourth-order valence-electron chi connectivity index (χ4n) is 5.29. The summed E-state index contributed by atoms with van der Waals surface area (Å²) >= 11 is 0. The van der Waals surface area contributed by atoms with Crippen molar-refractivity contribution < 1.29 is 9.59 Å². The molecule has 1 N–H and O–H groups in total. The Balaban J connectivity index is 1.70. The van der Waals surface area contributed by atoms with Crippen molar-refractivity contribution in [1.29, 1.82) is 0 Å². The number of aromatic nitrogens is 1. The van der Waals surface area contributed by atoms with Gasteiger partial charge in [0.25, 0.3) is 0 Å². The van der Waals surface area contributed by atoms with Gasteiger partial charge in [0.15, 0.2) is 0 Å². The van der Waals surface area contributed by atoms with E-state index in [9.17, 15) is 9.59 Å². The highest BCUT2D eigenvalue weighted by atomic mass is 16.2. The second kappa shape index (κ2) is 8.93. The second-order valence-corrected chi connectivity index (χ2v) is 9.37. The summed E-state index contributed by atoms with van der Waals surface area (Å²) in [6.07, 6.45) is 1.94. The molecule has 2 aromatic rings. The van der Waals surface area contributed by atoms with E-state index in [4.69, 9.17) is 0 Å². The largest absolute Gasteiger partial charge is 0.363 e. The van der Waals surface area contributed by atoms with Crippen LogP contribution in [0.5, 0.6) is 0 Å². The van der Waals surface area contributed by atoms with Crippen molar-refractivity contribution in [2.45, 2.75) is 65.5 Å². The van der Waals surface area contributed by atoms with Crippen molar-refractivity contribution >= 4 is 23.3 Å². The maximum absolute atomic E-state index is 12.6. The molecule has 2 aliphatic heterocycles. The van der Waals surface area contributed by atoms with Crippen LogP contribution >= 0.6 is 0 Å². The Morgan fingerprint density at radius 3 is 2.38 bits per heavy atom. The highest BCUT2D eigenvalue weighted by Crippen LogP contribution is 2.44.